The Morgan fingerprint density at radius 3 is 2.92 bits per heavy atom. The van der Waals surface area contributed by atoms with Gasteiger partial charge in [-0.05, 0) is 19.1 Å². The number of hydrogen-bond acceptors (Lipinski definition) is 7. The van der Waals surface area contributed by atoms with Gasteiger partial charge in [-0.25, -0.2) is 4.68 Å². The molecule has 1 aromatic heterocycles. The number of aromatic nitrogens is 3. The van der Waals surface area contributed by atoms with Gasteiger partial charge in [0.15, 0.2) is 17.2 Å². The van der Waals surface area contributed by atoms with E-state index in [0.717, 1.165) is 5.69 Å². The fraction of sp³-hybridized carbons (Fsp3) is 0.471. The third-order valence-electron chi connectivity index (χ3n) is 4.71. The third kappa shape index (κ3) is 3.11. The number of aliphatic hydroxyl groups excluding tert-OH is 1. The first-order valence-electron chi connectivity index (χ1n) is 8.63. The van der Waals surface area contributed by atoms with Crippen LogP contribution >= 0.6 is 0 Å². The molecule has 1 aromatic carbocycles. The van der Waals surface area contributed by atoms with Gasteiger partial charge < -0.3 is 25.2 Å². The Bertz CT molecular complexity index is 821. The Morgan fingerprint density at radius 2 is 2.15 bits per heavy atom. The molecule has 0 bridgehead atoms. The highest BCUT2D eigenvalue weighted by atomic mass is 16.6. The summed E-state index contributed by atoms with van der Waals surface area (Å²) in [7, 11) is 0. The average Bonchev–Trinajstić information content (AvgIpc) is 3.25. The Morgan fingerprint density at radius 1 is 1.35 bits per heavy atom. The number of carbonyl (C=O) groups excluding carboxylic acids is 1. The molecule has 1 amide bonds. The van der Waals surface area contributed by atoms with Gasteiger partial charge in [-0.2, -0.15) is 0 Å². The van der Waals surface area contributed by atoms with Crippen molar-refractivity contribution in [3.63, 3.8) is 0 Å². The SMILES string of the molecule is Cc1c(C(=O)NCC2CNCC2O)nnn1-c1ccc2c(c1)OCCO2. The van der Waals surface area contributed by atoms with Gasteiger partial charge in [0, 0.05) is 31.6 Å². The largest absolute Gasteiger partial charge is 0.486 e. The molecule has 1 saturated heterocycles. The third-order valence-corrected chi connectivity index (χ3v) is 4.71. The number of benzene rings is 1. The van der Waals surface area contributed by atoms with Crippen LogP contribution in [0, 0.1) is 12.8 Å². The van der Waals surface area contributed by atoms with Crippen molar-refractivity contribution in [1.82, 2.24) is 25.6 Å². The lowest BCUT2D eigenvalue weighted by Crippen LogP contribution is -2.34. The summed E-state index contributed by atoms with van der Waals surface area (Å²) in [5.74, 6) is 1.05. The Balaban J connectivity index is 1.50. The van der Waals surface area contributed by atoms with E-state index in [1.165, 1.54) is 0 Å². The topological polar surface area (TPSA) is 111 Å². The molecule has 9 heteroatoms. The Labute approximate surface area is 150 Å². The quantitative estimate of drug-likeness (QED) is 0.685. The first kappa shape index (κ1) is 16.8. The number of β-amino-alcohol motifs (C(OH)–C–C–N with tert-alkyl or cyclic N) is 1. The summed E-state index contributed by atoms with van der Waals surface area (Å²) >= 11 is 0. The van der Waals surface area contributed by atoms with E-state index in [2.05, 4.69) is 20.9 Å². The van der Waals surface area contributed by atoms with Crippen LogP contribution in [0.15, 0.2) is 18.2 Å². The van der Waals surface area contributed by atoms with E-state index in [0.29, 0.717) is 50.0 Å². The van der Waals surface area contributed by atoms with E-state index < -0.39 is 6.10 Å². The lowest BCUT2D eigenvalue weighted by atomic mass is 10.1. The van der Waals surface area contributed by atoms with Gasteiger partial charge in [-0.1, -0.05) is 5.21 Å². The van der Waals surface area contributed by atoms with E-state index in [1.54, 1.807) is 11.6 Å². The van der Waals surface area contributed by atoms with Gasteiger partial charge in [0.1, 0.15) is 13.2 Å². The maximum absolute atomic E-state index is 12.4. The molecule has 2 unspecified atom stereocenters. The van der Waals surface area contributed by atoms with Crippen LogP contribution in [0.2, 0.25) is 0 Å². The average molecular weight is 359 g/mol. The number of aliphatic hydroxyl groups is 1. The summed E-state index contributed by atoms with van der Waals surface area (Å²) in [6.07, 6.45) is -0.440. The molecule has 138 valence electrons. The van der Waals surface area contributed by atoms with Crippen molar-refractivity contribution >= 4 is 5.91 Å². The van der Waals surface area contributed by atoms with Crippen LogP contribution < -0.4 is 20.1 Å². The molecule has 2 atom stereocenters. The maximum atomic E-state index is 12.4. The van der Waals surface area contributed by atoms with Gasteiger partial charge in [0.05, 0.1) is 17.5 Å². The van der Waals surface area contributed by atoms with Crippen molar-refractivity contribution in [3.8, 4) is 17.2 Å². The second kappa shape index (κ2) is 6.93. The maximum Gasteiger partial charge on any atom is 0.273 e. The number of nitrogens with zero attached hydrogens (tertiary/aromatic N) is 3. The summed E-state index contributed by atoms with van der Waals surface area (Å²) < 4.78 is 12.7. The van der Waals surface area contributed by atoms with Crippen molar-refractivity contribution in [1.29, 1.82) is 0 Å². The van der Waals surface area contributed by atoms with Gasteiger partial charge in [-0.15, -0.1) is 5.10 Å². The number of ether oxygens (including phenoxy) is 2. The smallest absolute Gasteiger partial charge is 0.273 e. The van der Waals surface area contributed by atoms with Crippen LogP contribution in [0.25, 0.3) is 5.69 Å². The molecule has 0 aliphatic carbocycles. The van der Waals surface area contributed by atoms with E-state index in [1.807, 2.05) is 18.2 Å². The molecule has 3 heterocycles. The molecule has 4 rings (SSSR count). The minimum atomic E-state index is -0.440. The molecule has 0 spiro atoms. The van der Waals surface area contributed by atoms with Gasteiger partial charge >= 0.3 is 0 Å². The molecule has 0 radical (unpaired) electrons. The molecular weight excluding hydrogens is 338 g/mol. The zero-order chi connectivity index (χ0) is 18.1. The van der Waals surface area contributed by atoms with E-state index in [9.17, 15) is 9.90 Å². The van der Waals surface area contributed by atoms with Crippen molar-refractivity contribution in [2.24, 2.45) is 5.92 Å². The lowest BCUT2D eigenvalue weighted by Gasteiger charge is -2.18. The van der Waals surface area contributed by atoms with E-state index >= 15 is 0 Å². The van der Waals surface area contributed by atoms with Crippen LogP contribution in [-0.4, -0.2) is 65.0 Å². The Hall–Kier alpha value is -2.65. The van der Waals surface area contributed by atoms with Gasteiger partial charge in [0.2, 0.25) is 0 Å². The highest BCUT2D eigenvalue weighted by Gasteiger charge is 2.26. The highest BCUT2D eigenvalue weighted by molar-refractivity contribution is 5.93. The van der Waals surface area contributed by atoms with Crippen LogP contribution in [0.4, 0.5) is 0 Å². The Kier molecular flexibility index (Phi) is 4.48. The molecule has 0 saturated carbocycles. The van der Waals surface area contributed by atoms with Crippen molar-refractivity contribution in [2.75, 3.05) is 32.8 Å². The standard InChI is InChI=1S/C17H21N5O4/c1-10-16(17(24)19-8-11-7-18-9-13(11)23)20-21-22(10)12-2-3-14-15(6-12)26-5-4-25-14/h2-3,6,11,13,18,23H,4-5,7-9H2,1H3,(H,19,24). The number of hydrogen-bond donors (Lipinski definition) is 3. The normalized spacial score (nSPS) is 21.6. The monoisotopic (exact) mass is 359 g/mol. The van der Waals surface area contributed by atoms with Crippen molar-refractivity contribution in [3.05, 3.63) is 29.6 Å². The molecular formula is C17H21N5O4. The minimum absolute atomic E-state index is 0.00657. The van der Waals surface area contributed by atoms with Crippen molar-refractivity contribution in [2.45, 2.75) is 13.0 Å². The molecule has 3 N–H and O–H groups in total. The fourth-order valence-corrected chi connectivity index (χ4v) is 3.18. The van der Waals surface area contributed by atoms with E-state index in [4.69, 9.17) is 9.47 Å². The number of amides is 1. The van der Waals surface area contributed by atoms with E-state index in [-0.39, 0.29) is 17.5 Å². The van der Waals surface area contributed by atoms with Crippen LogP contribution in [0.3, 0.4) is 0 Å². The predicted octanol–water partition coefficient (Wildman–Crippen LogP) is -0.343. The lowest BCUT2D eigenvalue weighted by molar-refractivity contribution is 0.0921. The first-order valence-corrected chi connectivity index (χ1v) is 8.63. The van der Waals surface area contributed by atoms with Crippen LogP contribution in [-0.2, 0) is 0 Å². The summed E-state index contributed by atoms with van der Waals surface area (Å²) in [5, 5.41) is 23.8. The number of rotatable bonds is 4. The predicted molar refractivity (Wildman–Crippen MR) is 91.8 cm³/mol. The summed E-state index contributed by atoms with van der Waals surface area (Å²) in [4.78, 5) is 12.4. The molecule has 26 heavy (non-hydrogen) atoms. The second-order valence-corrected chi connectivity index (χ2v) is 6.46. The first-order chi connectivity index (χ1) is 12.6. The second-order valence-electron chi connectivity index (χ2n) is 6.46. The van der Waals surface area contributed by atoms with Crippen LogP contribution in [0.1, 0.15) is 16.2 Å². The minimum Gasteiger partial charge on any atom is -0.486 e. The summed E-state index contributed by atoms with van der Waals surface area (Å²) in [6, 6.07) is 5.48. The van der Waals surface area contributed by atoms with Crippen LogP contribution in [0.5, 0.6) is 11.5 Å². The summed E-state index contributed by atoms with van der Waals surface area (Å²) in [6.45, 7) is 4.46. The number of fused-ring (bicyclic) bond motifs is 1. The summed E-state index contributed by atoms with van der Waals surface area (Å²) in [5.41, 5.74) is 1.64. The van der Waals surface area contributed by atoms with Gasteiger partial charge in [0.25, 0.3) is 5.91 Å². The van der Waals surface area contributed by atoms with Crippen molar-refractivity contribution < 1.29 is 19.4 Å². The zero-order valence-electron chi connectivity index (χ0n) is 14.4. The molecule has 2 aliphatic heterocycles. The highest BCUT2D eigenvalue weighted by Crippen LogP contribution is 2.32. The number of carbonyl (C=O) groups is 1. The molecule has 9 nitrogen and oxygen atoms in total. The zero-order valence-corrected chi connectivity index (χ0v) is 14.4. The fourth-order valence-electron chi connectivity index (χ4n) is 3.18. The molecule has 2 aromatic rings. The molecule has 1 fully saturated rings. The molecule has 2 aliphatic rings. The number of nitrogens with one attached hydrogen (secondary N) is 2. The van der Waals surface area contributed by atoms with Gasteiger partial charge in [-0.3, -0.25) is 4.79 Å².